The first-order valence-electron chi connectivity index (χ1n) is 7.39. The number of halogens is 1. The van der Waals surface area contributed by atoms with Gasteiger partial charge in [-0.3, -0.25) is 4.79 Å². The Labute approximate surface area is 136 Å². The first kappa shape index (κ1) is 16.4. The molecular weight excluding hydrogens is 298 g/mol. The maximum atomic E-state index is 12.0. The number of rotatable bonds is 7. The number of carbonyl (C=O) groups is 1. The van der Waals surface area contributed by atoms with E-state index in [2.05, 4.69) is 17.4 Å². The third kappa shape index (κ3) is 5.41. The molecule has 0 fully saturated rings. The Kier molecular flexibility index (Phi) is 6.28. The predicted octanol–water partition coefficient (Wildman–Crippen LogP) is 3.86. The fourth-order valence-electron chi connectivity index (χ4n) is 2.06. The Balaban J connectivity index is 1.69. The summed E-state index contributed by atoms with van der Waals surface area (Å²) in [7, 11) is 0. The lowest BCUT2D eigenvalue weighted by Gasteiger charge is -2.14. The van der Waals surface area contributed by atoms with Gasteiger partial charge in [0.2, 0.25) is 0 Å². The van der Waals surface area contributed by atoms with E-state index in [4.69, 9.17) is 16.3 Å². The van der Waals surface area contributed by atoms with Crippen LogP contribution in [0.2, 0.25) is 5.02 Å². The summed E-state index contributed by atoms with van der Waals surface area (Å²) in [5, 5.41) is 3.54. The lowest BCUT2D eigenvalue weighted by atomic mass is 10.1. The monoisotopic (exact) mass is 317 g/mol. The second kappa shape index (κ2) is 8.44. The van der Waals surface area contributed by atoms with Crippen molar-refractivity contribution in [1.29, 1.82) is 0 Å². The Hall–Kier alpha value is -2.00. The van der Waals surface area contributed by atoms with Gasteiger partial charge < -0.3 is 10.1 Å². The molecule has 0 saturated heterocycles. The maximum absolute atomic E-state index is 12.0. The van der Waals surface area contributed by atoms with Crippen LogP contribution in [-0.4, -0.2) is 18.6 Å². The highest BCUT2D eigenvalue weighted by atomic mass is 35.5. The number of nitrogens with one attached hydrogen (secondary N) is 1. The Morgan fingerprint density at radius 1 is 1.14 bits per heavy atom. The van der Waals surface area contributed by atoms with Gasteiger partial charge >= 0.3 is 0 Å². The van der Waals surface area contributed by atoms with E-state index in [-0.39, 0.29) is 5.91 Å². The summed E-state index contributed by atoms with van der Waals surface area (Å²) in [6.07, 6.45) is 1.33. The van der Waals surface area contributed by atoms with Crippen molar-refractivity contribution in [1.82, 2.24) is 5.32 Å². The van der Waals surface area contributed by atoms with Crippen molar-refractivity contribution < 1.29 is 9.53 Å². The molecular formula is C18H20ClNO2. The van der Waals surface area contributed by atoms with Gasteiger partial charge in [-0.15, -0.1) is 0 Å². The van der Waals surface area contributed by atoms with Crippen LogP contribution in [0.5, 0.6) is 5.75 Å². The van der Waals surface area contributed by atoms with Crippen molar-refractivity contribution in [2.75, 3.05) is 6.54 Å². The molecule has 0 bridgehead atoms. The molecule has 1 amide bonds. The number of carbonyl (C=O) groups excluding carboxylic acids is 1. The fourth-order valence-corrected chi connectivity index (χ4v) is 2.19. The van der Waals surface area contributed by atoms with Crippen LogP contribution >= 0.6 is 11.6 Å². The van der Waals surface area contributed by atoms with E-state index < -0.39 is 6.10 Å². The van der Waals surface area contributed by atoms with Crippen LogP contribution in [0, 0.1) is 0 Å². The smallest absolute Gasteiger partial charge is 0.260 e. The van der Waals surface area contributed by atoms with E-state index in [1.54, 1.807) is 31.2 Å². The Morgan fingerprint density at radius 3 is 2.50 bits per heavy atom. The van der Waals surface area contributed by atoms with Gasteiger partial charge in [0.15, 0.2) is 6.10 Å². The highest BCUT2D eigenvalue weighted by Gasteiger charge is 2.13. The summed E-state index contributed by atoms with van der Waals surface area (Å²) < 4.78 is 5.58. The summed E-state index contributed by atoms with van der Waals surface area (Å²) >= 11 is 5.81. The minimum absolute atomic E-state index is 0.108. The molecule has 1 N–H and O–H groups in total. The van der Waals surface area contributed by atoms with Crippen molar-refractivity contribution in [2.24, 2.45) is 0 Å². The molecule has 1 atom stereocenters. The molecule has 0 unspecified atom stereocenters. The molecule has 0 saturated carbocycles. The minimum atomic E-state index is -0.530. The molecule has 116 valence electrons. The molecule has 0 aliphatic carbocycles. The quantitative estimate of drug-likeness (QED) is 0.788. The van der Waals surface area contributed by atoms with Gasteiger partial charge in [-0.2, -0.15) is 0 Å². The van der Waals surface area contributed by atoms with E-state index >= 15 is 0 Å². The fraction of sp³-hybridized carbons (Fsp3) is 0.278. The molecule has 0 aliphatic heterocycles. The summed E-state index contributed by atoms with van der Waals surface area (Å²) in [4.78, 5) is 12.0. The predicted molar refractivity (Wildman–Crippen MR) is 89.3 cm³/mol. The zero-order valence-electron chi connectivity index (χ0n) is 12.6. The van der Waals surface area contributed by atoms with Crippen molar-refractivity contribution in [2.45, 2.75) is 25.9 Å². The van der Waals surface area contributed by atoms with Crippen LogP contribution in [0.15, 0.2) is 54.6 Å². The van der Waals surface area contributed by atoms with Gasteiger partial charge in [0.25, 0.3) is 5.91 Å². The zero-order valence-corrected chi connectivity index (χ0v) is 13.3. The van der Waals surface area contributed by atoms with E-state index in [1.807, 2.05) is 18.2 Å². The lowest BCUT2D eigenvalue weighted by molar-refractivity contribution is -0.127. The third-order valence-electron chi connectivity index (χ3n) is 3.28. The Bertz CT molecular complexity index is 584. The van der Waals surface area contributed by atoms with Gasteiger partial charge in [-0.25, -0.2) is 0 Å². The first-order valence-corrected chi connectivity index (χ1v) is 7.77. The summed E-state index contributed by atoms with van der Waals surface area (Å²) in [5.74, 6) is 0.527. The zero-order chi connectivity index (χ0) is 15.8. The maximum Gasteiger partial charge on any atom is 0.260 e. The van der Waals surface area contributed by atoms with Gasteiger partial charge in [0.1, 0.15) is 5.75 Å². The molecule has 2 aromatic rings. The molecule has 0 spiro atoms. The van der Waals surface area contributed by atoms with Crippen molar-refractivity contribution in [3.05, 3.63) is 65.2 Å². The van der Waals surface area contributed by atoms with E-state index in [0.717, 1.165) is 12.8 Å². The van der Waals surface area contributed by atoms with Gasteiger partial charge in [0, 0.05) is 11.6 Å². The van der Waals surface area contributed by atoms with Crippen LogP contribution in [0.1, 0.15) is 18.9 Å². The Morgan fingerprint density at radius 2 is 1.82 bits per heavy atom. The van der Waals surface area contributed by atoms with Crippen molar-refractivity contribution >= 4 is 17.5 Å². The number of amides is 1. The number of hydrogen-bond donors (Lipinski definition) is 1. The molecule has 2 aromatic carbocycles. The normalized spacial score (nSPS) is 11.7. The lowest BCUT2D eigenvalue weighted by Crippen LogP contribution is -2.36. The SMILES string of the molecule is C[C@H](Oc1ccc(Cl)cc1)C(=O)NCCCc1ccccc1. The van der Waals surface area contributed by atoms with Gasteiger partial charge in [-0.05, 0) is 49.6 Å². The van der Waals surface area contributed by atoms with Crippen LogP contribution in [-0.2, 0) is 11.2 Å². The highest BCUT2D eigenvalue weighted by Crippen LogP contribution is 2.16. The summed E-state index contributed by atoms with van der Waals surface area (Å²) in [5.41, 5.74) is 1.28. The standard InChI is InChI=1S/C18H20ClNO2/c1-14(22-17-11-9-16(19)10-12-17)18(21)20-13-5-8-15-6-3-2-4-7-15/h2-4,6-7,9-12,14H,5,8,13H2,1H3,(H,20,21)/t14-/m0/s1. The van der Waals surface area contributed by atoms with Gasteiger partial charge in [-0.1, -0.05) is 41.9 Å². The molecule has 22 heavy (non-hydrogen) atoms. The average molecular weight is 318 g/mol. The van der Waals surface area contributed by atoms with Crippen molar-refractivity contribution in [3.8, 4) is 5.75 Å². The molecule has 0 aromatic heterocycles. The number of ether oxygens (including phenoxy) is 1. The third-order valence-corrected chi connectivity index (χ3v) is 3.53. The van der Waals surface area contributed by atoms with Gasteiger partial charge in [0.05, 0.1) is 0 Å². The minimum Gasteiger partial charge on any atom is -0.481 e. The van der Waals surface area contributed by atoms with E-state index in [9.17, 15) is 4.79 Å². The van der Waals surface area contributed by atoms with Crippen LogP contribution < -0.4 is 10.1 Å². The topological polar surface area (TPSA) is 38.3 Å². The molecule has 0 radical (unpaired) electrons. The number of aryl methyl sites for hydroxylation is 1. The van der Waals surface area contributed by atoms with E-state index in [0.29, 0.717) is 17.3 Å². The number of hydrogen-bond acceptors (Lipinski definition) is 2. The second-order valence-electron chi connectivity index (χ2n) is 5.09. The summed E-state index contributed by atoms with van der Waals surface area (Å²) in [6, 6.07) is 17.2. The largest absolute Gasteiger partial charge is 0.481 e. The molecule has 4 heteroatoms. The van der Waals surface area contributed by atoms with Crippen LogP contribution in [0.25, 0.3) is 0 Å². The second-order valence-corrected chi connectivity index (χ2v) is 5.53. The molecule has 3 nitrogen and oxygen atoms in total. The molecule has 2 rings (SSSR count). The van der Waals surface area contributed by atoms with Crippen molar-refractivity contribution in [3.63, 3.8) is 0 Å². The first-order chi connectivity index (χ1) is 10.6. The average Bonchev–Trinajstić information content (AvgIpc) is 2.54. The van der Waals surface area contributed by atoms with Crippen LogP contribution in [0.4, 0.5) is 0 Å². The molecule has 0 aliphatic rings. The highest BCUT2D eigenvalue weighted by molar-refractivity contribution is 6.30. The summed E-state index contributed by atoms with van der Waals surface area (Å²) in [6.45, 7) is 2.38. The number of benzene rings is 2. The van der Waals surface area contributed by atoms with E-state index in [1.165, 1.54) is 5.56 Å². The molecule has 0 heterocycles. The van der Waals surface area contributed by atoms with Crippen LogP contribution in [0.3, 0.4) is 0 Å².